The number of rotatable bonds is 19. The van der Waals surface area contributed by atoms with Gasteiger partial charge in [-0.15, -0.1) is 0 Å². The maximum atomic E-state index is 6.24. The molecule has 0 saturated carbocycles. The molecule has 164 valence electrons. The van der Waals surface area contributed by atoms with E-state index < -0.39 is 8.56 Å². The highest BCUT2D eigenvalue weighted by atomic mass is 28.4. The summed E-state index contributed by atoms with van der Waals surface area (Å²) in [6.45, 7) is 26.2. The predicted molar refractivity (Wildman–Crippen MR) is 121 cm³/mol. The molecule has 0 aromatic heterocycles. The molecule has 0 aromatic carbocycles. The quantitative estimate of drug-likeness (QED) is 0.306. The van der Waals surface area contributed by atoms with E-state index in [9.17, 15) is 0 Å². The first kappa shape index (κ1) is 27.0. The van der Waals surface area contributed by atoms with E-state index in [1.54, 1.807) is 0 Å². The fourth-order valence-electron chi connectivity index (χ4n) is 3.70. The minimum atomic E-state index is -2.12. The van der Waals surface area contributed by atoms with Gasteiger partial charge >= 0.3 is 8.56 Å². The van der Waals surface area contributed by atoms with Crippen LogP contribution in [-0.2, 0) is 8.85 Å². The molecule has 0 unspecified atom stereocenters. The Labute approximate surface area is 171 Å². The van der Waals surface area contributed by atoms with Crippen LogP contribution in [0.5, 0.6) is 0 Å². The van der Waals surface area contributed by atoms with Crippen molar-refractivity contribution in [1.29, 1.82) is 0 Å². The molecule has 0 rings (SSSR count). The Bertz CT molecular complexity index is 303. The first-order chi connectivity index (χ1) is 13.0. The zero-order valence-corrected chi connectivity index (χ0v) is 20.6. The molecule has 0 aliphatic carbocycles. The van der Waals surface area contributed by atoms with E-state index in [0.717, 1.165) is 64.7 Å². The second kappa shape index (κ2) is 16.9. The summed E-state index contributed by atoms with van der Waals surface area (Å²) < 4.78 is 12.5. The zero-order chi connectivity index (χ0) is 20.5. The van der Waals surface area contributed by atoms with Gasteiger partial charge in [0.25, 0.3) is 0 Å². The van der Waals surface area contributed by atoms with Crippen molar-refractivity contribution >= 4 is 8.56 Å². The van der Waals surface area contributed by atoms with E-state index in [4.69, 9.17) is 8.85 Å². The lowest BCUT2D eigenvalue weighted by molar-refractivity contribution is 0.153. The third kappa shape index (κ3) is 11.6. The lowest BCUT2D eigenvalue weighted by Crippen LogP contribution is -2.53. The van der Waals surface area contributed by atoms with Gasteiger partial charge in [-0.05, 0) is 85.1 Å². The van der Waals surface area contributed by atoms with Crippen molar-refractivity contribution in [1.82, 2.24) is 14.7 Å². The van der Waals surface area contributed by atoms with Crippen LogP contribution in [0.1, 0.15) is 61.3 Å². The zero-order valence-electron chi connectivity index (χ0n) is 19.6. The van der Waals surface area contributed by atoms with Crippen molar-refractivity contribution in [2.45, 2.75) is 67.4 Å². The van der Waals surface area contributed by atoms with E-state index in [1.807, 2.05) is 0 Å². The minimum absolute atomic E-state index is 0.757. The van der Waals surface area contributed by atoms with Gasteiger partial charge in [0.2, 0.25) is 0 Å². The first-order valence-corrected chi connectivity index (χ1v) is 13.7. The van der Waals surface area contributed by atoms with Crippen LogP contribution in [0.4, 0.5) is 0 Å². The Balaban J connectivity index is 4.85. The summed E-state index contributed by atoms with van der Waals surface area (Å²) in [7, 11) is -2.12. The lowest BCUT2D eigenvalue weighted by atomic mass is 10.3. The molecule has 0 aromatic rings. The molecule has 0 aliphatic rings. The van der Waals surface area contributed by atoms with Gasteiger partial charge in [0.05, 0.1) is 0 Å². The molecule has 0 saturated heterocycles. The predicted octanol–water partition coefficient (Wildman–Crippen LogP) is 3.83. The Morgan fingerprint density at radius 1 is 0.556 bits per heavy atom. The van der Waals surface area contributed by atoms with Gasteiger partial charge in [0.1, 0.15) is 0 Å². The molecule has 6 heteroatoms. The van der Waals surface area contributed by atoms with Crippen LogP contribution in [0.15, 0.2) is 0 Å². The van der Waals surface area contributed by atoms with Gasteiger partial charge in [0.15, 0.2) is 0 Å². The van der Waals surface area contributed by atoms with E-state index in [1.165, 1.54) is 25.9 Å². The highest BCUT2D eigenvalue weighted by Crippen LogP contribution is 2.16. The van der Waals surface area contributed by atoms with Gasteiger partial charge in [0, 0.05) is 19.4 Å². The molecular weight excluding hydrogens is 354 g/mol. The normalized spacial score (nSPS) is 12.7. The second-order valence-corrected chi connectivity index (χ2v) is 10.6. The molecule has 0 N–H and O–H groups in total. The number of nitrogens with zero attached hydrogens (tertiary/aromatic N) is 3. The van der Waals surface area contributed by atoms with Gasteiger partial charge in [-0.25, -0.2) is 0 Å². The Hall–Kier alpha value is 0.0169. The molecule has 0 bridgehead atoms. The van der Waals surface area contributed by atoms with Gasteiger partial charge in [-0.1, -0.05) is 34.6 Å². The molecule has 0 atom stereocenters. The average molecular weight is 404 g/mol. The monoisotopic (exact) mass is 403 g/mol. The van der Waals surface area contributed by atoms with Crippen LogP contribution in [0.3, 0.4) is 0 Å². The van der Waals surface area contributed by atoms with Crippen LogP contribution in [0.25, 0.3) is 0 Å². The van der Waals surface area contributed by atoms with Crippen molar-refractivity contribution in [3.63, 3.8) is 0 Å². The topological polar surface area (TPSA) is 28.2 Å². The molecular formula is C21H49N3O2Si. The van der Waals surface area contributed by atoms with Gasteiger partial charge in [-0.3, -0.25) is 0 Å². The second-order valence-electron chi connectivity index (χ2n) is 7.17. The van der Waals surface area contributed by atoms with E-state index >= 15 is 0 Å². The number of hydrogen-bond acceptors (Lipinski definition) is 5. The molecule has 5 nitrogen and oxygen atoms in total. The summed E-state index contributed by atoms with van der Waals surface area (Å²) in [5, 5.41) is 0. The third-order valence-corrected chi connectivity index (χ3v) is 9.14. The lowest BCUT2D eigenvalue weighted by Gasteiger charge is -2.35. The molecule has 0 aliphatic heterocycles. The number of hydrogen-bond donors (Lipinski definition) is 0. The summed E-state index contributed by atoms with van der Waals surface area (Å²) in [5.74, 6) is 0. The van der Waals surface area contributed by atoms with E-state index in [2.05, 4.69) is 63.2 Å². The van der Waals surface area contributed by atoms with E-state index in [0.29, 0.717) is 0 Å². The standard InChI is InChI=1S/C21H49N3O2Si/c1-8-22(9-2)17-15-19-24(20-16-18-23(10-3)11-4)21-27(14-7,25-12-5)26-13-6/h8-21H2,1-7H3. The van der Waals surface area contributed by atoms with Crippen molar-refractivity contribution < 1.29 is 8.85 Å². The van der Waals surface area contributed by atoms with Crippen LogP contribution in [-0.4, -0.2) is 95.0 Å². The van der Waals surface area contributed by atoms with E-state index in [-0.39, 0.29) is 0 Å². The maximum absolute atomic E-state index is 6.24. The molecule has 0 radical (unpaired) electrons. The van der Waals surface area contributed by atoms with Crippen LogP contribution in [0.2, 0.25) is 6.04 Å². The summed E-state index contributed by atoms with van der Waals surface area (Å²) in [4.78, 5) is 7.67. The molecule has 0 heterocycles. The highest BCUT2D eigenvalue weighted by molar-refractivity contribution is 6.67. The summed E-state index contributed by atoms with van der Waals surface area (Å²) in [5.41, 5.74) is 0. The van der Waals surface area contributed by atoms with Crippen molar-refractivity contribution in [2.75, 3.05) is 71.7 Å². The minimum Gasteiger partial charge on any atom is -0.394 e. The fraction of sp³-hybridized carbons (Fsp3) is 1.00. The smallest absolute Gasteiger partial charge is 0.352 e. The van der Waals surface area contributed by atoms with Gasteiger partial charge < -0.3 is 23.6 Å². The van der Waals surface area contributed by atoms with Crippen molar-refractivity contribution in [2.24, 2.45) is 0 Å². The Kier molecular flexibility index (Phi) is 16.9. The molecule has 27 heavy (non-hydrogen) atoms. The first-order valence-electron chi connectivity index (χ1n) is 11.5. The third-order valence-electron chi connectivity index (χ3n) is 5.50. The van der Waals surface area contributed by atoms with Gasteiger partial charge in [-0.2, -0.15) is 0 Å². The summed E-state index contributed by atoms with van der Waals surface area (Å²) >= 11 is 0. The summed E-state index contributed by atoms with van der Waals surface area (Å²) in [6.07, 6.45) is 3.44. The van der Waals surface area contributed by atoms with Crippen molar-refractivity contribution in [3.05, 3.63) is 0 Å². The molecule has 0 amide bonds. The molecule has 0 spiro atoms. The largest absolute Gasteiger partial charge is 0.394 e. The van der Waals surface area contributed by atoms with Crippen LogP contribution < -0.4 is 0 Å². The van der Waals surface area contributed by atoms with Crippen LogP contribution in [0, 0.1) is 0 Å². The van der Waals surface area contributed by atoms with Crippen LogP contribution >= 0.6 is 0 Å². The Morgan fingerprint density at radius 2 is 0.926 bits per heavy atom. The SMILES string of the molecule is CCO[Si](CC)(CN(CCCN(CC)CC)CCCN(CC)CC)OCC. The molecule has 0 fully saturated rings. The summed E-state index contributed by atoms with van der Waals surface area (Å²) in [6, 6.07) is 1.03. The highest BCUT2D eigenvalue weighted by Gasteiger charge is 2.37. The average Bonchev–Trinajstić information content (AvgIpc) is 2.68. The maximum Gasteiger partial charge on any atom is 0.352 e. The van der Waals surface area contributed by atoms with Crippen molar-refractivity contribution in [3.8, 4) is 0 Å². The fourth-order valence-corrected chi connectivity index (χ4v) is 6.65. The Morgan fingerprint density at radius 3 is 1.22 bits per heavy atom.